The Kier molecular flexibility index (Phi) is 5.00. The minimum atomic E-state index is -3.92. The molecule has 1 aromatic carbocycles. The van der Waals surface area contributed by atoms with Crippen LogP contribution >= 0.6 is 0 Å². The summed E-state index contributed by atoms with van der Waals surface area (Å²) in [6.07, 6.45) is 2.05. The van der Waals surface area contributed by atoms with Crippen molar-refractivity contribution in [3.05, 3.63) is 53.7 Å². The summed E-state index contributed by atoms with van der Waals surface area (Å²) < 4.78 is 26.7. The monoisotopic (exact) mass is 334 g/mol. The van der Waals surface area contributed by atoms with E-state index in [9.17, 15) is 13.2 Å². The molecule has 2 rings (SSSR count). The number of hydrogen-bond donors (Lipinski definition) is 1. The maximum atomic E-state index is 12.8. The number of carbonyl (C=O) groups is 1. The average molecular weight is 334 g/mol. The highest BCUT2D eigenvalue weighted by molar-refractivity contribution is 7.92. The second kappa shape index (κ2) is 6.78. The summed E-state index contributed by atoms with van der Waals surface area (Å²) in [7, 11) is -3.92. The fourth-order valence-corrected chi connectivity index (χ4v) is 3.62. The minimum absolute atomic E-state index is 0.115. The molecular formula is C16H18N2O4S. The van der Waals surface area contributed by atoms with Gasteiger partial charge in [-0.15, -0.1) is 0 Å². The lowest BCUT2D eigenvalue weighted by Gasteiger charge is -2.22. The molecule has 0 fully saturated rings. The van der Waals surface area contributed by atoms with Gasteiger partial charge in [-0.1, -0.05) is 19.1 Å². The Morgan fingerprint density at radius 1 is 1.17 bits per heavy atom. The third-order valence-electron chi connectivity index (χ3n) is 3.46. The van der Waals surface area contributed by atoms with Crippen LogP contribution in [0.4, 0.5) is 5.69 Å². The summed E-state index contributed by atoms with van der Waals surface area (Å²) in [5, 5.41) is 8.73. The number of carboxylic acid groups (broad SMARTS) is 1. The molecule has 0 aliphatic carbocycles. The van der Waals surface area contributed by atoms with Crippen molar-refractivity contribution in [1.29, 1.82) is 0 Å². The van der Waals surface area contributed by atoms with Crippen LogP contribution in [-0.4, -0.2) is 31.0 Å². The predicted molar refractivity (Wildman–Crippen MR) is 87.2 cm³/mol. The number of aryl methyl sites for hydroxylation is 1. The molecule has 0 aliphatic heterocycles. The minimum Gasteiger partial charge on any atom is -0.478 e. The molecule has 23 heavy (non-hydrogen) atoms. The van der Waals surface area contributed by atoms with E-state index >= 15 is 0 Å². The van der Waals surface area contributed by atoms with Crippen molar-refractivity contribution in [3.63, 3.8) is 0 Å². The van der Waals surface area contributed by atoms with E-state index in [0.717, 1.165) is 18.1 Å². The highest BCUT2D eigenvalue weighted by Crippen LogP contribution is 2.23. The molecule has 0 amide bonds. The lowest BCUT2D eigenvalue weighted by atomic mass is 10.1. The Balaban J connectivity index is 2.46. The van der Waals surface area contributed by atoms with Gasteiger partial charge in [-0.2, -0.15) is 8.42 Å². The van der Waals surface area contributed by atoms with Gasteiger partial charge in [0.05, 0.1) is 11.3 Å². The lowest BCUT2D eigenvalue weighted by molar-refractivity contribution is 0.0696. The van der Waals surface area contributed by atoms with Crippen molar-refractivity contribution >= 4 is 21.7 Å². The fourth-order valence-electron chi connectivity index (χ4n) is 2.19. The zero-order valence-electron chi connectivity index (χ0n) is 12.9. The number of benzene rings is 1. The van der Waals surface area contributed by atoms with Gasteiger partial charge in [0.1, 0.15) is 0 Å². The standard InChI is InChI=1S/C16H18N2O4S/c1-3-12-5-7-14(8-6-12)18(4-2)23(21,22)15-11-13(16(19)20)9-10-17-15/h5-11H,3-4H2,1-2H3,(H,19,20). The van der Waals surface area contributed by atoms with Crippen LogP contribution in [0.2, 0.25) is 0 Å². The number of pyridine rings is 1. The summed E-state index contributed by atoms with van der Waals surface area (Å²) >= 11 is 0. The summed E-state index contributed by atoms with van der Waals surface area (Å²) in [6, 6.07) is 9.54. The van der Waals surface area contributed by atoms with Gasteiger partial charge < -0.3 is 5.11 Å². The van der Waals surface area contributed by atoms with Crippen LogP contribution < -0.4 is 4.31 Å². The molecule has 1 heterocycles. The van der Waals surface area contributed by atoms with Crippen molar-refractivity contribution in [2.75, 3.05) is 10.8 Å². The normalized spacial score (nSPS) is 11.2. The Morgan fingerprint density at radius 2 is 1.83 bits per heavy atom. The van der Waals surface area contributed by atoms with Crippen LogP contribution in [0.3, 0.4) is 0 Å². The first-order valence-corrected chi connectivity index (χ1v) is 8.65. The Bertz CT molecular complexity index is 801. The Morgan fingerprint density at radius 3 is 2.35 bits per heavy atom. The highest BCUT2D eigenvalue weighted by atomic mass is 32.2. The third kappa shape index (κ3) is 3.50. The van der Waals surface area contributed by atoms with Gasteiger partial charge >= 0.3 is 5.97 Å². The number of carboxylic acids is 1. The topological polar surface area (TPSA) is 87.6 Å². The van der Waals surface area contributed by atoms with E-state index < -0.39 is 16.0 Å². The fraction of sp³-hybridized carbons (Fsp3) is 0.250. The molecule has 0 spiro atoms. The molecule has 0 bridgehead atoms. The van der Waals surface area contributed by atoms with E-state index in [0.29, 0.717) is 5.69 Å². The van der Waals surface area contributed by atoms with Crippen LogP contribution in [0.15, 0.2) is 47.6 Å². The Labute approximate surface area is 135 Å². The predicted octanol–water partition coefficient (Wildman–Crippen LogP) is 2.56. The summed E-state index contributed by atoms with van der Waals surface area (Å²) in [5.74, 6) is -1.20. The smallest absolute Gasteiger partial charge is 0.335 e. The second-order valence-electron chi connectivity index (χ2n) is 4.88. The van der Waals surface area contributed by atoms with Crippen LogP contribution in [-0.2, 0) is 16.4 Å². The number of rotatable bonds is 6. The van der Waals surface area contributed by atoms with Crippen LogP contribution in [0.1, 0.15) is 29.8 Å². The average Bonchev–Trinajstić information content (AvgIpc) is 2.56. The molecule has 2 aromatic rings. The zero-order chi connectivity index (χ0) is 17.0. The van der Waals surface area contributed by atoms with E-state index in [1.807, 2.05) is 19.1 Å². The molecule has 1 aromatic heterocycles. The summed E-state index contributed by atoms with van der Waals surface area (Å²) in [5.41, 5.74) is 1.51. The largest absolute Gasteiger partial charge is 0.478 e. The van der Waals surface area contributed by atoms with Gasteiger partial charge in [0.25, 0.3) is 10.0 Å². The number of sulfonamides is 1. The molecule has 0 atom stereocenters. The summed E-state index contributed by atoms with van der Waals surface area (Å²) in [4.78, 5) is 14.9. The molecular weight excluding hydrogens is 316 g/mol. The van der Waals surface area contributed by atoms with Crippen molar-refractivity contribution in [3.8, 4) is 0 Å². The van der Waals surface area contributed by atoms with E-state index in [1.165, 1.54) is 16.6 Å². The van der Waals surface area contributed by atoms with Gasteiger partial charge in [0.2, 0.25) is 0 Å². The highest BCUT2D eigenvalue weighted by Gasteiger charge is 2.25. The number of aromatic nitrogens is 1. The van der Waals surface area contributed by atoms with E-state index in [-0.39, 0.29) is 17.1 Å². The molecule has 0 saturated heterocycles. The molecule has 0 unspecified atom stereocenters. The van der Waals surface area contributed by atoms with Crippen LogP contribution in [0.25, 0.3) is 0 Å². The van der Waals surface area contributed by atoms with Crippen molar-refractivity contribution in [2.45, 2.75) is 25.3 Å². The summed E-state index contributed by atoms with van der Waals surface area (Å²) in [6.45, 7) is 3.95. The van der Waals surface area contributed by atoms with Crippen molar-refractivity contribution in [1.82, 2.24) is 4.98 Å². The van der Waals surface area contributed by atoms with Crippen LogP contribution in [0, 0.1) is 0 Å². The van der Waals surface area contributed by atoms with Crippen molar-refractivity contribution < 1.29 is 18.3 Å². The molecule has 0 saturated carbocycles. The number of aromatic carboxylic acids is 1. The maximum Gasteiger partial charge on any atom is 0.335 e. The third-order valence-corrected chi connectivity index (χ3v) is 5.26. The van der Waals surface area contributed by atoms with Gasteiger partial charge in [-0.3, -0.25) is 4.31 Å². The first kappa shape index (κ1) is 17.0. The molecule has 1 N–H and O–H groups in total. The van der Waals surface area contributed by atoms with Gasteiger partial charge in [0.15, 0.2) is 5.03 Å². The van der Waals surface area contributed by atoms with Crippen LogP contribution in [0.5, 0.6) is 0 Å². The quantitative estimate of drug-likeness (QED) is 0.877. The molecule has 6 nitrogen and oxygen atoms in total. The van der Waals surface area contributed by atoms with Gasteiger partial charge in [-0.25, -0.2) is 9.78 Å². The number of nitrogens with zero attached hydrogens (tertiary/aromatic N) is 2. The first-order valence-electron chi connectivity index (χ1n) is 7.21. The Hall–Kier alpha value is -2.41. The molecule has 0 radical (unpaired) electrons. The molecule has 7 heteroatoms. The number of anilines is 1. The van der Waals surface area contributed by atoms with E-state index in [1.54, 1.807) is 19.1 Å². The van der Waals surface area contributed by atoms with Gasteiger partial charge in [-0.05, 0) is 43.2 Å². The number of hydrogen-bond acceptors (Lipinski definition) is 4. The maximum absolute atomic E-state index is 12.8. The lowest BCUT2D eigenvalue weighted by Crippen LogP contribution is -2.31. The van der Waals surface area contributed by atoms with Gasteiger partial charge in [0, 0.05) is 12.7 Å². The van der Waals surface area contributed by atoms with E-state index in [2.05, 4.69) is 4.98 Å². The van der Waals surface area contributed by atoms with E-state index in [4.69, 9.17) is 5.11 Å². The zero-order valence-corrected chi connectivity index (χ0v) is 13.7. The SMILES string of the molecule is CCc1ccc(N(CC)S(=O)(=O)c2cc(C(=O)O)ccn2)cc1. The second-order valence-corrected chi connectivity index (χ2v) is 6.69. The van der Waals surface area contributed by atoms with Crippen molar-refractivity contribution in [2.24, 2.45) is 0 Å². The molecule has 122 valence electrons. The molecule has 0 aliphatic rings. The first-order chi connectivity index (χ1) is 10.9.